The molecule has 3 rings (SSSR count). The van der Waals surface area contributed by atoms with Gasteiger partial charge in [0.15, 0.2) is 0 Å². The number of carbonyl (C=O) groups excluding carboxylic acids is 3. The Morgan fingerprint density at radius 3 is 2.57 bits per heavy atom. The van der Waals surface area contributed by atoms with Crippen molar-refractivity contribution in [1.82, 2.24) is 25.5 Å². The SMILES string of the molecule is Bc1cnc(Nc2cccc(NC(=O)N3CCCC3)c2)nc1NCCCNC(=O)CCC(=O)NC. The van der Waals surface area contributed by atoms with Crippen LogP contribution in [0.1, 0.15) is 32.1 Å². The van der Waals surface area contributed by atoms with Gasteiger partial charge in [-0.3, -0.25) is 9.59 Å². The van der Waals surface area contributed by atoms with Crippen LogP contribution in [0.5, 0.6) is 0 Å². The molecule has 2 heterocycles. The fourth-order valence-corrected chi connectivity index (χ4v) is 3.57. The van der Waals surface area contributed by atoms with Crippen LogP contribution in [0, 0.1) is 0 Å². The van der Waals surface area contributed by atoms with E-state index in [9.17, 15) is 14.4 Å². The van der Waals surface area contributed by atoms with E-state index in [1.54, 1.807) is 13.2 Å². The van der Waals surface area contributed by atoms with Crippen molar-refractivity contribution in [2.75, 3.05) is 49.2 Å². The van der Waals surface area contributed by atoms with Crippen LogP contribution in [0.4, 0.5) is 27.9 Å². The van der Waals surface area contributed by atoms with Crippen molar-refractivity contribution in [1.29, 1.82) is 0 Å². The van der Waals surface area contributed by atoms with E-state index in [4.69, 9.17) is 0 Å². The maximum Gasteiger partial charge on any atom is 0.321 e. The van der Waals surface area contributed by atoms with Gasteiger partial charge in [0, 0.05) is 63.6 Å². The molecule has 1 aromatic heterocycles. The van der Waals surface area contributed by atoms with E-state index in [1.807, 2.05) is 37.0 Å². The third kappa shape index (κ3) is 8.47. The minimum absolute atomic E-state index is 0.0830. The Morgan fingerprint density at radius 2 is 1.80 bits per heavy atom. The van der Waals surface area contributed by atoms with Crippen molar-refractivity contribution in [2.45, 2.75) is 32.1 Å². The Balaban J connectivity index is 1.46. The first kappa shape index (κ1) is 25.8. The molecule has 1 aliphatic heterocycles. The van der Waals surface area contributed by atoms with Gasteiger partial charge in [0.05, 0.1) is 0 Å². The summed E-state index contributed by atoms with van der Waals surface area (Å²) in [6.07, 6.45) is 4.89. The van der Waals surface area contributed by atoms with Crippen molar-refractivity contribution in [3.63, 3.8) is 0 Å². The van der Waals surface area contributed by atoms with Gasteiger partial charge >= 0.3 is 6.03 Å². The molecule has 1 aromatic carbocycles. The molecular weight excluding hydrogens is 447 g/mol. The average molecular weight is 480 g/mol. The lowest BCUT2D eigenvalue weighted by Crippen LogP contribution is -2.32. The predicted octanol–water partition coefficient (Wildman–Crippen LogP) is 0.551. The molecule has 0 bridgehead atoms. The molecule has 0 spiro atoms. The zero-order chi connectivity index (χ0) is 25.0. The van der Waals surface area contributed by atoms with Gasteiger partial charge in [0.2, 0.25) is 17.8 Å². The monoisotopic (exact) mass is 480 g/mol. The Morgan fingerprint density at radius 1 is 1.06 bits per heavy atom. The highest BCUT2D eigenvalue weighted by atomic mass is 16.2. The standard InChI is InChI=1S/C23H33BN8O3/c1-25-19(33)8-9-20(34)26-10-5-11-27-21-18(24)15-28-22(31-21)29-16-6-4-7-17(14-16)30-23(35)32-12-2-3-13-32/h4,6-7,14-15H,2-3,5,8-13,24H2,1H3,(H,25,33)(H,26,34)(H,30,35)(H2,27,28,29,31). The molecule has 1 fully saturated rings. The van der Waals surface area contributed by atoms with Gasteiger partial charge in [-0.15, -0.1) is 0 Å². The molecule has 0 saturated carbocycles. The zero-order valence-corrected chi connectivity index (χ0v) is 20.3. The molecule has 186 valence electrons. The van der Waals surface area contributed by atoms with E-state index in [0.29, 0.717) is 37.0 Å². The summed E-state index contributed by atoms with van der Waals surface area (Å²) >= 11 is 0. The number of carbonyl (C=O) groups is 3. The number of aromatic nitrogens is 2. The molecule has 1 aliphatic rings. The van der Waals surface area contributed by atoms with Crippen molar-refractivity contribution < 1.29 is 14.4 Å². The molecular formula is C23H33BN8O3. The van der Waals surface area contributed by atoms with Gasteiger partial charge in [-0.25, -0.2) is 9.78 Å². The highest BCUT2D eigenvalue weighted by Gasteiger charge is 2.17. The number of benzene rings is 1. The van der Waals surface area contributed by atoms with E-state index in [1.165, 1.54) is 0 Å². The molecule has 0 atom stereocenters. The van der Waals surface area contributed by atoms with Gasteiger partial charge < -0.3 is 31.5 Å². The first-order chi connectivity index (χ1) is 16.9. The first-order valence-electron chi connectivity index (χ1n) is 11.9. The summed E-state index contributed by atoms with van der Waals surface area (Å²) < 4.78 is 0. The number of hydrogen-bond acceptors (Lipinski definition) is 7. The Kier molecular flexibility index (Phi) is 9.70. The number of hydrogen-bond donors (Lipinski definition) is 5. The molecule has 11 nitrogen and oxygen atoms in total. The summed E-state index contributed by atoms with van der Waals surface area (Å²) in [6, 6.07) is 7.35. The molecule has 2 aromatic rings. The maximum absolute atomic E-state index is 12.3. The summed E-state index contributed by atoms with van der Waals surface area (Å²) in [5, 5.41) is 14.7. The third-order valence-electron chi connectivity index (χ3n) is 5.56. The number of nitrogens with zero attached hydrogens (tertiary/aromatic N) is 3. The second-order valence-corrected chi connectivity index (χ2v) is 8.36. The van der Waals surface area contributed by atoms with Gasteiger partial charge in [0.25, 0.3) is 0 Å². The molecule has 35 heavy (non-hydrogen) atoms. The quantitative estimate of drug-likeness (QED) is 0.234. The Labute approximate surface area is 206 Å². The van der Waals surface area contributed by atoms with Crippen LogP contribution in [0.3, 0.4) is 0 Å². The highest BCUT2D eigenvalue weighted by molar-refractivity contribution is 6.35. The first-order valence-corrected chi connectivity index (χ1v) is 11.9. The number of likely N-dealkylation sites (tertiary alicyclic amines) is 1. The number of amides is 4. The van der Waals surface area contributed by atoms with Crippen LogP contribution < -0.4 is 32.0 Å². The van der Waals surface area contributed by atoms with Crippen LogP contribution in [0.15, 0.2) is 30.5 Å². The van der Waals surface area contributed by atoms with E-state index in [2.05, 4.69) is 36.6 Å². The van der Waals surface area contributed by atoms with Gasteiger partial charge in [-0.1, -0.05) is 6.07 Å². The largest absolute Gasteiger partial charge is 0.370 e. The summed E-state index contributed by atoms with van der Waals surface area (Å²) in [6.45, 7) is 2.71. The van der Waals surface area contributed by atoms with E-state index >= 15 is 0 Å². The lowest BCUT2D eigenvalue weighted by atomic mass is 9.99. The van der Waals surface area contributed by atoms with Gasteiger partial charge in [0.1, 0.15) is 13.7 Å². The topological polar surface area (TPSA) is 140 Å². The van der Waals surface area contributed by atoms with Gasteiger partial charge in [-0.2, -0.15) is 4.98 Å². The van der Waals surface area contributed by atoms with E-state index in [0.717, 1.165) is 37.1 Å². The lowest BCUT2D eigenvalue weighted by molar-refractivity contribution is -0.126. The number of nitrogens with one attached hydrogen (secondary N) is 5. The smallest absolute Gasteiger partial charge is 0.321 e. The Bertz CT molecular complexity index is 1030. The summed E-state index contributed by atoms with van der Waals surface area (Å²) in [7, 11) is 3.47. The second kappa shape index (κ2) is 13.2. The fraction of sp³-hybridized carbons (Fsp3) is 0.435. The Hall–Kier alpha value is -3.83. The normalized spacial score (nSPS) is 12.7. The van der Waals surface area contributed by atoms with E-state index in [-0.39, 0.29) is 30.7 Å². The maximum atomic E-state index is 12.3. The van der Waals surface area contributed by atoms with Crippen molar-refractivity contribution >= 4 is 54.3 Å². The molecule has 0 radical (unpaired) electrons. The number of rotatable bonds is 11. The van der Waals surface area contributed by atoms with Gasteiger partial charge in [-0.05, 0) is 42.9 Å². The minimum atomic E-state index is -0.149. The molecule has 12 heteroatoms. The highest BCUT2D eigenvalue weighted by Crippen LogP contribution is 2.19. The van der Waals surface area contributed by atoms with Crippen LogP contribution in [0.25, 0.3) is 0 Å². The molecule has 5 N–H and O–H groups in total. The second-order valence-electron chi connectivity index (χ2n) is 8.36. The molecule has 0 unspecified atom stereocenters. The van der Waals surface area contributed by atoms with Crippen LogP contribution in [-0.4, -0.2) is 73.8 Å². The van der Waals surface area contributed by atoms with Crippen molar-refractivity contribution in [3.8, 4) is 0 Å². The molecule has 4 amide bonds. The van der Waals surface area contributed by atoms with Crippen molar-refractivity contribution in [2.24, 2.45) is 0 Å². The predicted molar refractivity (Wildman–Crippen MR) is 139 cm³/mol. The fourth-order valence-electron chi connectivity index (χ4n) is 3.57. The zero-order valence-electron chi connectivity index (χ0n) is 20.3. The van der Waals surface area contributed by atoms with Crippen LogP contribution >= 0.6 is 0 Å². The van der Waals surface area contributed by atoms with E-state index < -0.39 is 0 Å². The van der Waals surface area contributed by atoms with Crippen molar-refractivity contribution in [3.05, 3.63) is 30.5 Å². The molecule has 0 aliphatic carbocycles. The summed E-state index contributed by atoms with van der Waals surface area (Å²) in [5.74, 6) is 0.844. The molecule has 1 saturated heterocycles. The summed E-state index contributed by atoms with van der Waals surface area (Å²) in [4.78, 5) is 46.0. The lowest BCUT2D eigenvalue weighted by Gasteiger charge is -2.16. The van der Waals surface area contributed by atoms with Crippen LogP contribution in [0.2, 0.25) is 0 Å². The van der Waals surface area contributed by atoms with Crippen LogP contribution in [-0.2, 0) is 9.59 Å². The number of anilines is 4. The third-order valence-corrected chi connectivity index (χ3v) is 5.56. The minimum Gasteiger partial charge on any atom is -0.370 e. The number of urea groups is 1. The average Bonchev–Trinajstić information content (AvgIpc) is 3.40. The summed E-state index contributed by atoms with van der Waals surface area (Å²) in [5.41, 5.74) is 2.37.